The van der Waals surface area contributed by atoms with Gasteiger partial charge in [0.25, 0.3) is 5.91 Å². The number of aromatic hydroxyl groups is 1. The third kappa shape index (κ3) is 8.42. The van der Waals surface area contributed by atoms with Crippen LogP contribution in [0.25, 0.3) is 0 Å². The lowest BCUT2D eigenvalue weighted by Crippen LogP contribution is -2.52. The summed E-state index contributed by atoms with van der Waals surface area (Å²) < 4.78 is 6.02. The number of fused-ring (bicyclic) bond motifs is 1. The normalized spacial score (nSPS) is 19.8. The number of phenols is 1. The molecule has 2 aromatic carbocycles. The number of nitrogens with one attached hydrogen (secondary N) is 1. The van der Waals surface area contributed by atoms with Crippen LogP contribution in [0, 0.1) is 11.8 Å². The van der Waals surface area contributed by atoms with E-state index in [9.17, 15) is 29.1 Å². The molecule has 4 heterocycles. The first-order chi connectivity index (χ1) is 24.6. The maximum atomic E-state index is 14.0. The lowest BCUT2D eigenvalue weighted by Gasteiger charge is -2.40. The Morgan fingerprint density at radius 3 is 2.14 bits per heavy atom. The molecule has 13 nitrogen and oxygen atoms in total. The number of carboxylic acid groups (broad SMARTS) is 1. The molecule has 1 radical (unpaired) electrons. The molecular weight excluding hydrogens is 653 g/mol. The number of phenolic OH excluding ortho intramolecular Hbond substituents is 1. The molecule has 1 atom stereocenters. The zero-order chi connectivity index (χ0) is 36.1. The number of amides is 5. The lowest BCUT2D eigenvalue weighted by molar-refractivity contribution is -0.156. The zero-order valence-corrected chi connectivity index (χ0v) is 29.2. The van der Waals surface area contributed by atoms with E-state index in [1.807, 2.05) is 36.0 Å². The maximum Gasteiger partial charge on any atom is 0.410 e. The Morgan fingerprint density at radius 2 is 1.49 bits per heavy atom. The highest BCUT2D eigenvalue weighted by atomic mass is 16.6. The van der Waals surface area contributed by atoms with Crippen molar-refractivity contribution in [1.29, 1.82) is 0 Å². The van der Waals surface area contributed by atoms with E-state index in [2.05, 4.69) is 5.32 Å². The van der Waals surface area contributed by atoms with Gasteiger partial charge in [-0.3, -0.25) is 9.59 Å². The molecule has 4 aliphatic rings. The van der Waals surface area contributed by atoms with Crippen LogP contribution in [0.4, 0.5) is 15.3 Å². The van der Waals surface area contributed by atoms with Crippen molar-refractivity contribution in [2.75, 3.05) is 51.1 Å². The van der Waals surface area contributed by atoms with Gasteiger partial charge in [-0.25, -0.2) is 14.4 Å². The number of para-hydroxylation sites is 1. The van der Waals surface area contributed by atoms with E-state index in [0.29, 0.717) is 76.0 Å². The van der Waals surface area contributed by atoms with E-state index in [1.54, 1.807) is 35.3 Å². The molecule has 51 heavy (non-hydrogen) atoms. The zero-order valence-electron chi connectivity index (χ0n) is 29.2. The molecule has 0 saturated carbocycles. The Hall–Kier alpha value is -4.75. The molecule has 271 valence electrons. The molecule has 6 rings (SSSR count). The molecule has 4 aliphatic heterocycles. The highest BCUT2D eigenvalue weighted by Crippen LogP contribution is 2.33. The summed E-state index contributed by atoms with van der Waals surface area (Å²) in [6.07, 6.45) is 3.53. The van der Waals surface area contributed by atoms with Crippen LogP contribution in [0.2, 0.25) is 6.82 Å². The Labute approximate surface area is 299 Å². The number of carbonyl (C=O) groups excluding carboxylic acids is 4. The van der Waals surface area contributed by atoms with Gasteiger partial charge in [0, 0.05) is 64.0 Å². The van der Waals surface area contributed by atoms with Gasteiger partial charge in [0.05, 0.1) is 0 Å². The SMILES string of the molecule is C[B]c1cc(C[C@@H](OC(=O)N2CCC(N3CCc4ccccc4NC3=O)CC2)C(=O)N2CCC(C3CCN(C(=O)C(=O)O)CC3)CC2)ccc1O. The second-order valence-corrected chi connectivity index (χ2v) is 14.1. The van der Waals surface area contributed by atoms with Crippen molar-refractivity contribution in [1.82, 2.24) is 19.6 Å². The molecule has 0 aliphatic carbocycles. The maximum absolute atomic E-state index is 14.0. The largest absolute Gasteiger partial charge is 0.509 e. The highest BCUT2D eigenvalue weighted by Gasteiger charge is 2.37. The molecule has 0 unspecified atom stereocenters. The molecule has 3 fully saturated rings. The molecular formula is C37H47BN5O8. The van der Waals surface area contributed by atoms with Crippen molar-refractivity contribution < 1.29 is 38.9 Å². The van der Waals surface area contributed by atoms with E-state index in [1.165, 1.54) is 4.90 Å². The summed E-state index contributed by atoms with van der Waals surface area (Å²) in [4.78, 5) is 70.4. The highest BCUT2D eigenvalue weighted by molar-refractivity contribution is 6.53. The fourth-order valence-electron chi connectivity index (χ4n) is 8.15. The number of rotatable bonds is 7. The first-order valence-corrected chi connectivity index (χ1v) is 18.1. The van der Waals surface area contributed by atoms with E-state index in [0.717, 1.165) is 48.9 Å². The summed E-state index contributed by atoms with van der Waals surface area (Å²) in [5.74, 6) is -1.69. The smallest absolute Gasteiger partial charge is 0.410 e. The van der Waals surface area contributed by atoms with Gasteiger partial charge in [0.1, 0.15) is 5.75 Å². The number of likely N-dealkylation sites (tertiary alicyclic amines) is 3. The van der Waals surface area contributed by atoms with Gasteiger partial charge in [0.15, 0.2) is 13.4 Å². The predicted molar refractivity (Wildman–Crippen MR) is 190 cm³/mol. The van der Waals surface area contributed by atoms with Crippen LogP contribution in [-0.4, -0.2) is 125 Å². The predicted octanol–water partition coefficient (Wildman–Crippen LogP) is 2.93. The van der Waals surface area contributed by atoms with Crippen molar-refractivity contribution in [3.05, 3.63) is 53.6 Å². The summed E-state index contributed by atoms with van der Waals surface area (Å²) in [7, 11) is 1.78. The van der Waals surface area contributed by atoms with Gasteiger partial charge >= 0.3 is 24.0 Å². The van der Waals surface area contributed by atoms with E-state index in [4.69, 9.17) is 9.84 Å². The van der Waals surface area contributed by atoms with Gasteiger partial charge in [-0.05, 0) is 85.5 Å². The third-order valence-electron chi connectivity index (χ3n) is 11.2. The van der Waals surface area contributed by atoms with Crippen molar-refractivity contribution in [3.63, 3.8) is 0 Å². The second kappa shape index (κ2) is 16.1. The van der Waals surface area contributed by atoms with Crippen LogP contribution in [-0.2, 0) is 32.0 Å². The molecule has 3 N–H and O–H groups in total. The van der Waals surface area contributed by atoms with Gasteiger partial charge in [-0.2, -0.15) is 0 Å². The lowest BCUT2D eigenvalue weighted by atomic mass is 9.72. The van der Waals surface area contributed by atoms with Gasteiger partial charge in [0.2, 0.25) is 0 Å². The molecule has 2 aromatic rings. The van der Waals surface area contributed by atoms with E-state index in [-0.39, 0.29) is 30.2 Å². The number of anilines is 1. The summed E-state index contributed by atoms with van der Waals surface area (Å²) in [5.41, 5.74) is 3.32. The Morgan fingerprint density at radius 1 is 0.863 bits per heavy atom. The van der Waals surface area contributed by atoms with E-state index < -0.39 is 24.1 Å². The summed E-state index contributed by atoms with van der Waals surface area (Å²) in [5, 5.41) is 22.3. The van der Waals surface area contributed by atoms with E-state index >= 15 is 0 Å². The van der Waals surface area contributed by atoms with Gasteiger partial charge < -0.3 is 39.9 Å². The molecule has 0 spiro atoms. The van der Waals surface area contributed by atoms with Crippen LogP contribution >= 0.6 is 0 Å². The second-order valence-electron chi connectivity index (χ2n) is 14.1. The van der Waals surface area contributed by atoms with Gasteiger partial charge in [-0.15, -0.1) is 0 Å². The fraction of sp³-hybridized carbons (Fsp3) is 0.541. The third-order valence-corrected chi connectivity index (χ3v) is 11.2. The quantitative estimate of drug-likeness (QED) is 0.294. The number of hydrogen-bond donors (Lipinski definition) is 3. The number of piperidine rings is 3. The summed E-state index contributed by atoms with van der Waals surface area (Å²) >= 11 is 0. The van der Waals surface area contributed by atoms with Crippen LogP contribution in [0.5, 0.6) is 5.75 Å². The Balaban J connectivity index is 1.06. The van der Waals surface area contributed by atoms with Crippen molar-refractivity contribution in [3.8, 4) is 5.75 Å². The molecule has 14 heteroatoms. The van der Waals surface area contributed by atoms with Crippen molar-refractivity contribution in [2.45, 2.75) is 70.3 Å². The molecule has 3 saturated heterocycles. The monoisotopic (exact) mass is 700 g/mol. The summed E-state index contributed by atoms with van der Waals surface area (Å²) in [6.45, 7) is 5.09. The number of benzene rings is 2. The number of ether oxygens (including phenoxy) is 1. The van der Waals surface area contributed by atoms with Crippen molar-refractivity contribution >= 4 is 48.3 Å². The van der Waals surface area contributed by atoms with Crippen LogP contribution in [0.15, 0.2) is 42.5 Å². The Bertz CT molecular complexity index is 1620. The average molecular weight is 701 g/mol. The van der Waals surface area contributed by atoms with Crippen LogP contribution in [0.3, 0.4) is 0 Å². The minimum atomic E-state index is -1.43. The van der Waals surface area contributed by atoms with Crippen LogP contribution in [0.1, 0.15) is 49.7 Å². The topological polar surface area (TPSA) is 160 Å². The first-order valence-electron chi connectivity index (χ1n) is 18.1. The molecule has 0 aromatic heterocycles. The summed E-state index contributed by atoms with van der Waals surface area (Å²) in [6, 6.07) is 12.8. The van der Waals surface area contributed by atoms with Gasteiger partial charge in [-0.1, -0.05) is 37.2 Å². The van der Waals surface area contributed by atoms with Crippen LogP contribution < -0.4 is 10.8 Å². The number of carbonyl (C=O) groups is 5. The first kappa shape index (κ1) is 36.1. The minimum absolute atomic E-state index is 0.0207. The standard InChI is InChI=1S/C37H47BN5O8/c1-38-29-22-24(6-7-31(29)44)23-32(33(45)40-15-8-25(9-16-40)26-10-17-41(18-11-26)34(46)35(47)48)51-37(50)42-19-13-28(14-20-42)43-21-12-27-4-2-3-5-30(27)39-36(43)49/h2-7,22,25-26,28,32,44H,8-21,23H2,1H3,(H,39,49)(H,47,48)/t32-/m1/s1. The Kier molecular flexibility index (Phi) is 11.4. The minimum Gasteiger partial charge on any atom is -0.509 e. The fourth-order valence-corrected chi connectivity index (χ4v) is 8.15. The average Bonchev–Trinajstić information content (AvgIpc) is 3.32. The van der Waals surface area contributed by atoms with Crippen molar-refractivity contribution in [2.24, 2.45) is 11.8 Å². The number of nitrogens with zero attached hydrogens (tertiary/aromatic N) is 4. The number of urea groups is 1. The molecule has 0 bridgehead atoms. The molecule has 5 amide bonds. The number of aliphatic carboxylic acids is 1. The number of carboxylic acids is 1. The number of hydrogen-bond acceptors (Lipinski definition) is 7.